The zero-order valence-electron chi connectivity index (χ0n) is 11.8. The molecule has 92 valence electrons. The molecule has 0 aromatic carbocycles. The highest BCUT2D eigenvalue weighted by Gasteiger charge is 2.44. The fourth-order valence-corrected chi connectivity index (χ4v) is 2.15. The number of hydrogen-bond donors (Lipinski definition) is 1. The summed E-state index contributed by atoms with van der Waals surface area (Å²) >= 11 is 0. The fraction of sp³-hybridized carbons (Fsp3) is 0.733. The van der Waals surface area contributed by atoms with Crippen LogP contribution in [0.2, 0.25) is 0 Å². The van der Waals surface area contributed by atoms with E-state index in [-0.39, 0.29) is 16.2 Å². The van der Waals surface area contributed by atoms with Crippen LogP contribution >= 0.6 is 0 Å². The van der Waals surface area contributed by atoms with Gasteiger partial charge in [0.15, 0.2) is 0 Å². The Morgan fingerprint density at radius 3 is 2.00 bits per heavy atom. The van der Waals surface area contributed by atoms with Crippen LogP contribution in [0.5, 0.6) is 0 Å². The summed E-state index contributed by atoms with van der Waals surface area (Å²) in [4.78, 5) is 0. The first-order valence-electron chi connectivity index (χ1n) is 6.11. The van der Waals surface area contributed by atoms with Crippen LogP contribution in [0.15, 0.2) is 23.5 Å². The maximum absolute atomic E-state index is 10.6. The Bertz CT molecular complexity index is 333. The van der Waals surface area contributed by atoms with Gasteiger partial charge in [-0.05, 0) is 22.8 Å². The van der Waals surface area contributed by atoms with Crippen LogP contribution in [-0.4, -0.2) is 5.11 Å². The molecule has 0 bridgehead atoms. The highest BCUT2D eigenvalue weighted by atomic mass is 16.3. The predicted octanol–water partition coefficient (Wildman–Crippen LogP) is 4.86. The van der Waals surface area contributed by atoms with E-state index in [1.807, 2.05) is 0 Å². The number of aliphatic hydroxyl groups is 1. The maximum Gasteiger partial charge on any atom is 0.103 e. The molecule has 0 unspecified atom stereocenters. The van der Waals surface area contributed by atoms with E-state index in [1.54, 1.807) is 0 Å². The summed E-state index contributed by atoms with van der Waals surface area (Å²) < 4.78 is 0. The van der Waals surface area contributed by atoms with E-state index in [0.29, 0.717) is 5.76 Å². The van der Waals surface area contributed by atoms with Gasteiger partial charge in [-0.1, -0.05) is 60.6 Å². The Balaban J connectivity index is 3.31. The molecule has 0 fully saturated rings. The van der Waals surface area contributed by atoms with Gasteiger partial charge in [0.1, 0.15) is 5.76 Å². The molecule has 1 nitrogen and oxygen atoms in total. The molecule has 0 spiro atoms. The first-order chi connectivity index (χ1) is 7.00. The molecule has 0 saturated heterocycles. The first-order valence-corrected chi connectivity index (χ1v) is 6.11. The first kappa shape index (κ1) is 13.3. The molecule has 16 heavy (non-hydrogen) atoms. The molecule has 1 atom stereocenters. The predicted molar refractivity (Wildman–Crippen MR) is 70.4 cm³/mol. The molecule has 0 amide bonds. The van der Waals surface area contributed by atoms with Crippen molar-refractivity contribution in [1.29, 1.82) is 0 Å². The van der Waals surface area contributed by atoms with Gasteiger partial charge in [-0.2, -0.15) is 0 Å². The molecule has 0 saturated carbocycles. The zero-order chi connectivity index (χ0) is 12.8. The van der Waals surface area contributed by atoms with Crippen molar-refractivity contribution >= 4 is 0 Å². The summed E-state index contributed by atoms with van der Waals surface area (Å²) in [6.45, 7) is 15.2. The molecule has 0 aliphatic heterocycles. The maximum atomic E-state index is 10.6. The monoisotopic (exact) mass is 222 g/mol. The van der Waals surface area contributed by atoms with Crippen LogP contribution in [0.25, 0.3) is 0 Å². The lowest BCUT2D eigenvalue weighted by molar-refractivity contribution is 0.0883. The minimum absolute atomic E-state index is 0.00745. The second-order valence-corrected chi connectivity index (χ2v) is 7.20. The Morgan fingerprint density at radius 1 is 1.12 bits per heavy atom. The van der Waals surface area contributed by atoms with Crippen LogP contribution in [0.4, 0.5) is 0 Å². The molecule has 1 heteroatoms. The van der Waals surface area contributed by atoms with Crippen molar-refractivity contribution in [3.05, 3.63) is 23.5 Å². The summed E-state index contributed by atoms with van der Waals surface area (Å²) in [6, 6.07) is 0. The number of hydrogen-bond acceptors (Lipinski definition) is 1. The topological polar surface area (TPSA) is 20.2 Å². The lowest BCUT2D eigenvalue weighted by Crippen LogP contribution is -2.37. The van der Waals surface area contributed by atoms with Gasteiger partial charge >= 0.3 is 0 Å². The highest BCUT2D eigenvalue weighted by molar-refractivity contribution is 5.35. The Hall–Kier alpha value is -0.720. The van der Waals surface area contributed by atoms with Gasteiger partial charge in [0.2, 0.25) is 0 Å². The van der Waals surface area contributed by atoms with Gasteiger partial charge in [-0.25, -0.2) is 0 Å². The van der Waals surface area contributed by atoms with E-state index in [9.17, 15) is 5.11 Å². The Labute approximate surface area is 100 Å². The standard InChI is InChI=1S/C15H26O/c1-13(2,3)11-9-8-10-15(7,12(11)16)14(4,5)6/h8-9,16H,10H2,1-7H3/t15-/m0/s1. The fourth-order valence-electron chi connectivity index (χ4n) is 2.15. The van der Waals surface area contributed by atoms with Crippen molar-refractivity contribution in [3.8, 4) is 0 Å². The van der Waals surface area contributed by atoms with E-state index in [4.69, 9.17) is 0 Å². The summed E-state index contributed by atoms with van der Waals surface area (Å²) in [5.74, 6) is 0.579. The molecule has 1 N–H and O–H groups in total. The van der Waals surface area contributed by atoms with Gasteiger partial charge in [-0.15, -0.1) is 0 Å². The van der Waals surface area contributed by atoms with Gasteiger partial charge in [0.25, 0.3) is 0 Å². The minimum atomic E-state index is -0.148. The molecule has 1 aliphatic rings. The minimum Gasteiger partial charge on any atom is -0.511 e. The van der Waals surface area contributed by atoms with Gasteiger partial charge < -0.3 is 5.11 Å². The third kappa shape index (κ3) is 2.05. The Morgan fingerprint density at radius 2 is 1.62 bits per heavy atom. The van der Waals surface area contributed by atoms with E-state index in [0.717, 1.165) is 12.0 Å². The van der Waals surface area contributed by atoms with Crippen molar-refractivity contribution < 1.29 is 5.11 Å². The SMILES string of the molecule is CC(C)(C)C1=C(O)[C@@](C)(C(C)(C)C)CC=C1. The molecule has 0 radical (unpaired) electrons. The zero-order valence-corrected chi connectivity index (χ0v) is 11.8. The molecule has 0 aromatic heterocycles. The molecule has 1 rings (SSSR count). The summed E-state index contributed by atoms with van der Waals surface area (Å²) in [6.07, 6.45) is 5.20. The molecule has 0 aromatic rings. The lowest BCUT2D eigenvalue weighted by Gasteiger charge is -2.44. The van der Waals surface area contributed by atoms with Crippen molar-refractivity contribution in [3.63, 3.8) is 0 Å². The third-order valence-electron chi connectivity index (χ3n) is 4.05. The van der Waals surface area contributed by atoms with Crippen LogP contribution in [-0.2, 0) is 0 Å². The molecular formula is C15H26O. The second kappa shape index (κ2) is 3.65. The second-order valence-electron chi connectivity index (χ2n) is 7.20. The van der Waals surface area contributed by atoms with Crippen LogP contribution in [0, 0.1) is 16.2 Å². The van der Waals surface area contributed by atoms with E-state index >= 15 is 0 Å². The van der Waals surface area contributed by atoms with Gasteiger partial charge in [0.05, 0.1) is 0 Å². The summed E-state index contributed by atoms with van der Waals surface area (Å²) in [5.41, 5.74) is 1.01. The van der Waals surface area contributed by atoms with E-state index in [1.165, 1.54) is 0 Å². The largest absolute Gasteiger partial charge is 0.511 e. The smallest absolute Gasteiger partial charge is 0.103 e. The van der Waals surface area contributed by atoms with Crippen LogP contribution < -0.4 is 0 Å². The van der Waals surface area contributed by atoms with Crippen molar-refractivity contribution in [1.82, 2.24) is 0 Å². The average Bonchev–Trinajstić information content (AvgIpc) is 2.05. The van der Waals surface area contributed by atoms with Gasteiger partial charge in [-0.3, -0.25) is 0 Å². The van der Waals surface area contributed by atoms with Crippen LogP contribution in [0.1, 0.15) is 54.9 Å². The van der Waals surface area contributed by atoms with Crippen LogP contribution in [0.3, 0.4) is 0 Å². The highest BCUT2D eigenvalue weighted by Crippen LogP contribution is 2.51. The lowest BCUT2D eigenvalue weighted by atomic mass is 9.61. The Kier molecular flexibility index (Phi) is 3.04. The normalized spacial score (nSPS) is 27.4. The van der Waals surface area contributed by atoms with Crippen molar-refractivity contribution in [2.45, 2.75) is 54.9 Å². The number of aliphatic hydroxyl groups excluding tert-OH is 1. The number of allylic oxidation sites excluding steroid dienone is 4. The van der Waals surface area contributed by atoms with Gasteiger partial charge in [0, 0.05) is 5.41 Å². The molecule has 0 heterocycles. The molecular weight excluding hydrogens is 196 g/mol. The quantitative estimate of drug-likeness (QED) is 0.620. The molecule has 1 aliphatic carbocycles. The number of rotatable bonds is 0. The summed E-state index contributed by atoms with van der Waals surface area (Å²) in [5, 5.41) is 10.6. The van der Waals surface area contributed by atoms with Crippen molar-refractivity contribution in [2.24, 2.45) is 16.2 Å². The average molecular weight is 222 g/mol. The van der Waals surface area contributed by atoms with E-state index in [2.05, 4.69) is 60.6 Å². The van der Waals surface area contributed by atoms with Crippen molar-refractivity contribution in [2.75, 3.05) is 0 Å². The third-order valence-corrected chi connectivity index (χ3v) is 4.05. The van der Waals surface area contributed by atoms with E-state index < -0.39 is 0 Å². The summed E-state index contributed by atoms with van der Waals surface area (Å²) in [7, 11) is 0.